The van der Waals surface area contributed by atoms with Gasteiger partial charge in [-0.3, -0.25) is 4.79 Å². The first-order valence-electron chi connectivity index (χ1n) is 11.0. The molecule has 0 saturated heterocycles. The maximum absolute atomic E-state index is 12.8. The molecule has 0 aliphatic carbocycles. The van der Waals surface area contributed by atoms with Crippen LogP contribution in [0.5, 0.6) is 0 Å². The van der Waals surface area contributed by atoms with E-state index in [-0.39, 0.29) is 16.7 Å². The molecule has 5 aromatic rings. The second kappa shape index (κ2) is 10.1. The molecular weight excluding hydrogens is 456 g/mol. The van der Waals surface area contributed by atoms with Crippen molar-refractivity contribution in [3.8, 4) is 11.1 Å². The molecule has 0 radical (unpaired) electrons. The summed E-state index contributed by atoms with van der Waals surface area (Å²) in [7, 11) is -0.193. The number of hydrogen-bond acceptors (Lipinski definition) is 1. The summed E-state index contributed by atoms with van der Waals surface area (Å²) >= 11 is 6.64. The van der Waals surface area contributed by atoms with Crippen molar-refractivity contribution in [1.29, 1.82) is 0 Å². The van der Waals surface area contributed by atoms with Crippen LogP contribution in [0, 0.1) is 0 Å². The fourth-order valence-corrected chi connectivity index (χ4v) is 6.31. The van der Waals surface area contributed by atoms with E-state index in [2.05, 4.69) is 72.8 Å². The third-order valence-electron chi connectivity index (χ3n) is 5.63. The molecule has 5 aromatic carbocycles. The highest BCUT2D eigenvalue weighted by Gasteiger charge is 2.28. The van der Waals surface area contributed by atoms with Gasteiger partial charge in [-0.25, -0.2) is 0 Å². The van der Waals surface area contributed by atoms with Gasteiger partial charge in [-0.15, -0.1) is 0 Å². The Morgan fingerprint density at radius 1 is 0.529 bits per heavy atom. The van der Waals surface area contributed by atoms with Gasteiger partial charge in [0, 0.05) is 21.7 Å². The summed E-state index contributed by atoms with van der Waals surface area (Å²) in [5.74, 6) is -0.0286. The van der Waals surface area contributed by atoms with Crippen LogP contribution < -0.4 is 0 Å². The van der Waals surface area contributed by atoms with Gasteiger partial charge >= 0.3 is 0 Å². The van der Waals surface area contributed by atoms with E-state index in [4.69, 9.17) is 11.6 Å². The Labute approximate surface area is 208 Å². The van der Waals surface area contributed by atoms with Crippen molar-refractivity contribution in [2.75, 3.05) is 0 Å². The Balaban J connectivity index is 1.46. The van der Waals surface area contributed by atoms with Crippen LogP contribution in [0.3, 0.4) is 0 Å². The zero-order valence-corrected chi connectivity index (χ0v) is 20.0. The normalized spacial score (nSPS) is 10.9. The Morgan fingerprint density at radius 2 is 1.03 bits per heavy atom. The van der Waals surface area contributed by atoms with Crippen LogP contribution in [0.2, 0.25) is 5.02 Å². The van der Waals surface area contributed by atoms with Gasteiger partial charge in [0.25, 0.3) is 0 Å². The lowest BCUT2D eigenvalue weighted by Crippen LogP contribution is -2.04. The lowest BCUT2D eigenvalue weighted by Gasteiger charge is -2.10. The minimum Gasteiger partial charge on any atom is -0.289 e. The number of halogens is 1. The topological polar surface area (TPSA) is 17.1 Å². The van der Waals surface area contributed by atoms with E-state index >= 15 is 0 Å². The lowest BCUT2D eigenvalue weighted by molar-refractivity contribution is 0.103. The summed E-state index contributed by atoms with van der Waals surface area (Å²) < 4.78 is 0. The number of benzene rings is 5. The van der Waals surface area contributed by atoms with Crippen molar-refractivity contribution in [3.63, 3.8) is 0 Å². The van der Waals surface area contributed by atoms with Crippen LogP contribution in [0.25, 0.3) is 11.1 Å². The van der Waals surface area contributed by atoms with E-state index in [1.54, 1.807) is 6.07 Å². The molecule has 0 unspecified atom stereocenters. The first-order valence-corrected chi connectivity index (χ1v) is 12.6. The Morgan fingerprint density at radius 3 is 1.56 bits per heavy atom. The zero-order chi connectivity index (χ0) is 23.3. The van der Waals surface area contributed by atoms with E-state index in [1.807, 2.05) is 54.6 Å². The molecule has 34 heavy (non-hydrogen) atoms. The lowest BCUT2D eigenvalue weighted by atomic mass is 9.99. The van der Waals surface area contributed by atoms with Gasteiger partial charge < -0.3 is 0 Å². The summed E-state index contributed by atoms with van der Waals surface area (Å²) in [6.45, 7) is 0. The van der Waals surface area contributed by atoms with E-state index in [0.29, 0.717) is 16.1 Å². The van der Waals surface area contributed by atoms with Crippen LogP contribution in [0.15, 0.2) is 148 Å². The van der Waals surface area contributed by atoms with E-state index in [0.717, 1.165) is 11.1 Å². The Kier molecular flexibility index (Phi) is 6.62. The first kappa shape index (κ1) is 22.2. The van der Waals surface area contributed by atoms with Gasteiger partial charge in [0.2, 0.25) is 0 Å². The average Bonchev–Trinajstić information content (AvgIpc) is 2.91. The Hall–Kier alpha value is -3.59. The summed E-state index contributed by atoms with van der Waals surface area (Å²) in [5.41, 5.74) is 3.19. The maximum atomic E-state index is 12.8. The molecule has 0 N–H and O–H groups in total. The zero-order valence-electron chi connectivity index (χ0n) is 18.4. The number of carbonyl (C=O) groups is 1. The molecule has 0 heterocycles. The average molecular weight is 478 g/mol. The number of carbonyl (C=O) groups excluding carboxylic acids is 1. The molecule has 0 spiro atoms. The molecule has 164 valence electrons. The number of ketones is 1. The van der Waals surface area contributed by atoms with Crippen molar-refractivity contribution in [2.45, 2.75) is 14.7 Å². The third-order valence-corrected chi connectivity index (χ3v) is 8.17. The first-order chi connectivity index (χ1) is 16.7. The van der Waals surface area contributed by atoms with Gasteiger partial charge in [0.15, 0.2) is 20.5 Å². The molecular formula is C31H22ClOS+. The smallest absolute Gasteiger partial charge is 0.193 e. The van der Waals surface area contributed by atoms with E-state index in [1.165, 1.54) is 14.7 Å². The van der Waals surface area contributed by atoms with Crippen molar-refractivity contribution in [3.05, 3.63) is 150 Å². The van der Waals surface area contributed by atoms with Gasteiger partial charge in [-0.1, -0.05) is 90.5 Å². The van der Waals surface area contributed by atoms with Crippen LogP contribution in [0.1, 0.15) is 15.9 Å². The number of hydrogen-bond donors (Lipinski definition) is 0. The molecule has 5 rings (SSSR count). The highest BCUT2D eigenvalue weighted by molar-refractivity contribution is 7.97. The molecule has 0 aliphatic heterocycles. The fraction of sp³-hybridized carbons (Fsp3) is 0. The van der Waals surface area contributed by atoms with Gasteiger partial charge in [-0.05, 0) is 60.2 Å². The summed E-state index contributed by atoms with van der Waals surface area (Å²) in [5, 5.41) is 0.569. The highest BCUT2D eigenvalue weighted by atomic mass is 35.5. The van der Waals surface area contributed by atoms with Crippen LogP contribution in [0.4, 0.5) is 0 Å². The van der Waals surface area contributed by atoms with E-state index in [9.17, 15) is 4.79 Å². The van der Waals surface area contributed by atoms with Gasteiger partial charge in [0.05, 0.1) is 10.9 Å². The summed E-state index contributed by atoms with van der Waals surface area (Å²) in [4.78, 5) is 16.6. The van der Waals surface area contributed by atoms with Crippen molar-refractivity contribution in [2.24, 2.45) is 0 Å². The molecule has 0 saturated carbocycles. The molecule has 1 nitrogen and oxygen atoms in total. The number of rotatable bonds is 6. The molecule has 0 atom stereocenters. The summed E-state index contributed by atoms with van der Waals surface area (Å²) in [6, 6.07) is 44.6. The van der Waals surface area contributed by atoms with E-state index < -0.39 is 0 Å². The minimum absolute atomic E-state index is 0.0286. The second-order valence-electron chi connectivity index (χ2n) is 7.85. The predicted molar refractivity (Wildman–Crippen MR) is 142 cm³/mol. The summed E-state index contributed by atoms with van der Waals surface area (Å²) in [6.07, 6.45) is 0. The molecule has 0 amide bonds. The standard InChI is InChI=1S/C31H22ClOS/c32-30-22-25(31(33)24-10-4-1-5-11-24)18-21-29(30)23-16-19-28(20-17-23)34(26-12-6-2-7-13-26)27-14-8-3-9-15-27/h1-22H/q+1. The minimum atomic E-state index is -0.193. The maximum Gasteiger partial charge on any atom is 0.193 e. The quantitative estimate of drug-likeness (QED) is 0.177. The highest BCUT2D eigenvalue weighted by Crippen LogP contribution is 2.34. The van der Waals surface area contributed by atoms with Crippen molar-refractivity contribution < 1.29 is 4.79 Å². The molecule has 3 heteroatoms. The van der Waals surface area contributed by atoms with Gasteiger partial charge in [0.1, 0.15) is 0 Å². The monoisotopic (exact) mass is 477 g/mol. The van der Waals surface area contributed by atoms with Gasteiger partial charge in [-0.2, -0.15) is 0 Å². The molecule has 0 aliphatic rings. The third kappa shape index (κ3) is 4.70. The van der Waals surface area contributed by atoms with Crippen LogP contribution in [-0.2, 0) is 10.9 Å². The largest absolute Gasteiger partial charge is 0.289 e. The SMILES string of the molecule is O=C(c1ccccc1)c1ccc(-c2ccc([S+](c3ccccc3)c3ccccc3)cc2)c(Cl)c1. The second-order valence-corrected chi connectivity index (χ2v) is 10.3. The molecule has 0 aromatic heterocycles. The van der Waals surface area contributed by atoms with Crippen molar-refractivity contribution >= 4 is 28.3 Å². The Bertz CT molecular complexity index is 1360. The molecule has 0 bridgehead atoms. The predicted octanol–water partition coefficient (Wildman–Crippen LogP) is 8.33. The fourth-order valence-electron chi connectivity index (χ4n) is 3.94. The molecule has 0 fully saturated rings. The van der Waals surface area contributed by atoms with Crippen LogP contribution >= 0.6 is 11.6 Å². The van der Waals surface area contributed by atoms with Crippen LogP contribution in [-0.4, -0.2) is 5.78 Å². The van der Waals surface area contributed by atoms with Crippen molar-refractivity contribution in [1.82, 2.24) is 0 Å².